The number of amides is 1. The number of alkyl carbamates (subject to hydrolysis) is 1. The minimum Gasteiger partial charge on any atom is -0.444 e. The molecule has 1 amide bonds. The van der Waals surface area contributed by atoms with Gasteiger partial charge in [-0.2, -0.15) is 0 Å². The number of pyridine rings is 3. The molecule has 0 aliphatic heterocycles. The Labute approximate surface area is 184 Å². The largest absolute Gasteiger partial charge is 0.444 e. The normalized spacial score (nSPS) is 11.7. The number of nitrogens with one attached hydrogen (secondary N) is 1. The molecule has 1 N–H and O–H groups in total. The average Bonchev–Trinajstić information content (AvgIpc) is 2.77. The zero-order valence-electron chi connectivity index (χ0n) is 18.4. The van der Waals surface area contributed by atoms with Gasteiger partial charge in [0.15, 0.2) is 0 Å². The van der Waals surface area contributed by atoms with Crippen molar-refractivity contribution in [1.82, 2.24) is 20.3 Å². The number of carbonyl (C=O) groups is 1. The predicted octanol–water partition coefficient (Wildman–Crippen LogP) is 3.47. The Morgan fingerprint density at radius 2 is 1.23 bits per heavy atom. The van der Waals surface area contributed by atoms with Gasteiger partial charge >= 0.3 is 6.09 Å². The van der Waals surface area contributed by atoms with E-state index < -0.39 is 12.9 Å². The summed E-state index contributed by atoms with van der Waals surface area (Å²) in [6, 6.07) is 12.7. The van der Waals surface area contributed by atoms with E-state index in [0.717, 1.165) is 19.0 Å². The predicted molar refractivity (Wildman–Crippen MR) is 127 cm³/mol. The van der Waals surface area contributed by atoms with Gasteiger partial charge in [0.05, 0.1) is 6.16 Å². The zero-order chi connectivity index (χ0) is 22.2. The summed E-state index contributed by atoms with van der Waals surface area (Å²) in [7, 11) is -1.91. The Kier molecular flexibility index (Phi) is 7.69. The SMILES string of the molecule is CC(C)(C)OC(=O)NCCCC[P+](c1ccncc1)(c1ccncc1)c1ccncc1. The number of aromatic nitrogens is 3. The fraction of sp³-hybridized carbons (Fsp3) is 0.333. The van der Waals surface area contributed by atoms with E-state index in [1.165, 1.54) is 15.9 Å². The van der Waals surface area contributed by atoms with Crippen molar-refractivity contribution in [3.8, 4) is 0 Å². The van der Waals surface area contributed by atoms with Gasteiger partial charge in [0, 0.05) is 43.7 Å². The van der Waals surface area contributed by atoms with E-state index >= 15 is 0 Å². The monoisotopic (exact) mass is 437 g/mol. The molecule has 0 spiro atoms. The van der Waals surface area contributed by atoms with E-state index in [2.05, 4.69) is 56.7 Å². The highest BCUT2D eigenvalue weighted by molar-refractivity contribution is 7.95. The summed E-state index contributed by atoms with van der Waals surface area (Å²) in [6.07, 6.45) is 13.6. The van der Waals surface area contributed by atoms with Crippen molar-refractivity contribution in [1.29, 1.82) is 0 Å². The number of rotatable bonds is 8. The van der Waals surface area contributed by atoms with Crippen LogP contribution < -0.4 is 21.2 Å². The van der Waals surface area contributed by atoms with Gasteiger partial charge in [-0.05, 0) is 70.0 Å². The van der Waals surface area contributed by atoms with E-state index in [1.807, 2.05) is 58.0 Å². The molecular weight excluding hydrogens is 407 g/mol. The van der Waals surface area contributed by atoms with Crippen molar-refractivity contribution in [2.45, 2.75) is 39.2 Å². The highest BCUT2D eigenvalue weighted by atomic mass is 31.2. The third-order valence-electron chi connectivity index (χ3n) is 4.90. The molecule has 0 fully saturated rings. The molecule has 0 atom stereocenters. The van der Waals surface area contributed by atoms with Crippen molar-refractivity contribution in [2.75, 3.05) is 12.7 Å². The van der Waals surface area contributed by atoms with Crippen LogP contribution in [0.4, 0.5) is 4.79 Å². The van der Waals surface area contributed by atoms with Gasteiger partial charge in [-0.15, -0.1) is 0 Å². The smallest absolute Gasteiger partial charge is 0.407 e. The number of carbonyl (C=O) groups excluding carboxylic acids is 1. The molecule has 6 nitrogen and oxygen atoms in total. The van der Waals surface area contributed by atoms with Gasteiger partial charge < -0.3 is 10.1 Å². The number of hydrogen-bond acceptors (Lipinski definition) is 5. The highest BCUT2D eigenvalue weighted by Crippen LogP contribution is 2.55. The molecule has 3 rings (SSSR count). The first-order chi connectivity index (χ1) is 14.9. The van der Waals surface area contributed by atoms with Crippen LogP contribution in [0.5, 0.6) is 0 Å². The van der Waals surface area contributed by atoms with Crippen LogP contribution in [0.15, 0.2) is 73.6 Å². The van der Waals surface area contributed by atoms with Crippen LogP contribution in [-0.4, -0.2) is 39.4 Å². The maximum absolute atomic E-state index is 11.9. The summed E-state index contributed by atoms with van der Waals surface area (Å²) < 4.78 is 5.33. The summed E-state index contributed by atoms with van der Waals surface area (Å²) in [5.41, 5.74) is -0.491. The van der Waals surface area contributed by atoms with Gasteiger partial charge in [0.25, 0.3) is 0 Å². The maximum atomic E-state index is 11.9. The van der Waals surface area contributed by atoms with Gasteiger partial charge in [0.2, 0.25) is 0 Å². The fourth-order valence-corrected chi connectivity index (χ4v) is 7.90. The lowest BCUT2D eigenvalue weighted by Crippen LogP contribution is -2.34. The molecule has 0 aliphatic carbocycles. The molecule has 0 bridgehead atoms. The number of ether oxygens (including phenoxy) is 1. The van der Waals surface area contributed by atoms with Crippen LogP contribution in [0.25, 0.3) is 0 Å². The Morgan fingerprint density at radius 1 is 0.806 bits per heavy atom. The molecule has 7 heteroatoms. The van der Waals surface area contributed by atoms with E-state index in [4.69, 9.17) is 4.74 Å². The second-order valence-electron chi connectivity index (χ2n) is 8.29. The topological polar surface area (TPSA) is 77.0 Å². The van der Waals surface area contributed by atoms with E-state index in [1.54, 1.807) is 0 Å². The molecule has 0 unspecified atom stereocenters. The molecule has 0 saturated carbocycles. The average molecular weight is 438 g/mol. The molecule has 0 aromatic carbocycles. The minimum absolute atomic E-state index is 0.369. The Bertz CT molecular complexity index is 851. The molecule has 3 aromatic heterocycles. The zero-order valence-corrected chi connectivity index (χ0v) is 19.3. The number of hydrogen-bond donors (Lipinski definition) is 1. The molecule has 0 radical (unpaired) electrons. The number of nitrogens with zero attached hydrogens (tertiary/aromatic N) is 3. The summed E-state index contributed by atoms with van der Waals surface area (Å²) in [6.45, 7) is 6.18. The van der Waals surface area contributed by atoms with E-state index in [0.29, 0.717) is 6.54 Å². The number of unbranched alkanes of at least 4 members (excludes halogenated alkanes) is 1. The summed E-state index contributed by atoms with van der Waals surface area (Å²) in [4.78, 5) is 24.6. The van der Waals surface area contributed by atoms with Crippen molar-refractivity contribution < 1.29 is 9.53 Å². The molecule has 3 heterocycles. The second-order valence-corrected chi connectivity index (χ2v) is 11.9. The van der Waals surface area contributed by atoms with E-state index in [-0.39, 0.29) is 6.09 Å². The second kappa shape index (κ2) is 10.5. The van der Waals surface area contributed by atoms with Crippen LogP contribution in [0.2, 0.25) is 0 Å². The minimum atomic E-state index is -1.91. The summed E-state index contributed by atoms with van der Waals surface area (Å²) in [5, 5.41) is 6.70. The van der Waals surface area contributed by atoms with Crippen molar-refractivity contribution >= 4 is 29.3 Å². The van der Waals surface area contributed by atoms with Gasteiger partial charge in [-0.3, -0.25) is 15.0 Å². The molecule has 0 aliphatic rings. The fourth-order valence-electron chi connectivity index (χ4n) is 3.61. The molecule has 162 valence electrons. The summed E-state index contributed by atoms with van der Waals surface area (Å²) >= 11 is 0. The lowest BCUT2D eigenvalue weighted by Gasteiger charge is -2.27. The third kappa shape index (κ3) is 6.08. The van der Waals surface area contributed by atoms with Gasteiger partial charge in [0.1, 0.15) is 28.8 Å². The molecule has 0 saturated heterocycles. The Balaban J connectivity index is 1.83. The first-order valence-corrected chi connectivity index (χ1v) is 12.5. The quantitative estimate of drug-likeness (QED) is 0.431. The standard InChI is InChI=1S/C24H29N4O2P/c1-24(2,3)30-23(29)28-12-4-5-19-31(20-6-13-25-14-7-20,21-8-15-26-16-9-21)22-10-17-27-18-11-22/h6-11,13-18H,4-5,12,19H2,1-3H3/p+1. The lowest BCUT2D eigenvalue weighted by atomic mass is 10.2. The van der Waals surface area contributed by atoms with Gasteiger partial charge in [-0.25, -0.2) is 4.79 Å². The van der Waals surface area contributed by atoms with Crippen LogP contribution in [0.3, 0.4) is 0 Å². The van der Waals surface area contributed by atoms with Gasteiger partial charge in [-0.1, -0.05) is 0 Å². The van der Waals surface area contributed by atoms with Crippen LogP contribution in [-0.2, 0) is 4.74 Å². The summed E-state index contributed by atoms with van der Waals surface area (Å²) in [5.74, 6) is 0. The third-order valence-corrected chi connectivity index (χ3v) is 9.43. The van der Waals surface area contributed by atoms with Crippen LogP contribution in [0.1, 0.15) is 33.6 Å². The first-order valence-electron chi connectivity index (χ1n) is 10.5. The highest BCUT2D eigenvalue weighted by Gasteiger charge is 2.44. The van der Waals surface area contributed by atoms with Crippen LogP contribution >= 0.6 is 7.26 Å². The van der Waals surface area contributed by atoms with Crippen LogP contribution in [0, 0.1) is 0 Å². The van der Waals surface area contributed by atoms with E-state index in [9.17, 15) is 4.79 Å². The Morgan fingerprint density at radius 3 is 1.61 bits per heavy atom. The molecule has 3 aromatic rings. The van der Waals surface area contributed by atoms with Crippen molar-refractivity contribution in [3.63, 3.8) is 0 Å². The van der Waals surface area contributed by atoms with Crippen molar-refractivity contribution in [2.24, 2.45) is 0 Å². The maximum Gasteiger partial charge on any atom is 0.407 e. The van der Waals surface area contributed by atoms with Crippen molar-refractivity contribution in [3.05, 3.63) is 73.6 Å². The lowest BCUT2D eigenvalue weighted by molar-refractivity contribution is 0.0527. The Hall–Kier alpha value is -2.85. The first kappa shape index (κ1) is 22.8. The molecule has 31 heavy (non-hydrogen) atoms. The molecular formula is C24H30N4O2P+.